The molecule has 0 aliphatic rings. The Balaban J connectivity index is 2.60. The molecule has 1 unspecified atom stereocenters. The van der Waals surface area contributed by atoms with Crippen LogP contribution in [0.5, 0.6) is 0 Å². The Bertz CT molecular complexity index is 250. The summed E-state index contributed by atoms with van der Waals surface area (Å²) in [7, 11) is 0. The van der Waals surface area contributed by atoms with Crippen molar-refractivity contribution in [3.63, 3.8) is 0 Å². The van der Waals surface area contributed by atoms with Crippen LogP contribution >= 0.6 is 27.3 Å². The molecule has 0 aromatic carbocycles. The molecule has 0 saturated carbocycles. The number of hydrogen-bond acceptors (Lipinski definition) is 2. The average molecular weight is 262 g/mol. The van der Waals surface area contributed by atoms with Gasteiger partial charge in [0.25, 0.3) is 0 Å². The van der Waals surface area contributed by atoms with E-state index in [4.69, 9.17) is 0 Å². The van der Waals surface area contributed by atoms with Gasteiger partial charge in [0.2, 0.25) is 0 Å². The molecule has 0 saturated heterocycles. The molecule has 0 aliphatic heterocycles. The van der Waals surface area contributed by atoms with Gasteiger partial charge in [-0.2, -0.15) is 0 Å². The molecule has 3 heteroatoms. The molecule has 0 bridgehead atoms. The van der Waals surface area contributed by atoms with Crippen molar-refractivity contribution >= 4 is 27.3 Å². The molecule has 0 radical (unpaired) electrons. The molecule has 1 heterocycles. The Kier molecular flexibility index (Phi) is 4.42. The Morgan fingerprint density at radius 2 is 2.31 bits per heavy atom. The summed E-state index contributed by atoms with van der Waals surface area (Å²) in [6.07, 6.45) is 1.19. The molecule has 1 N–H and O–H groups in total. The summed E-state index contributed by atoms with van der Waals surface area (Å²) in [5, 5.41) is 3.48. The minimum Gasteiger partial charge on any atom is -0.309 e. The third-order valence-corrected chi connectivity index (χ3v) is 4.32. The van der Waals surface area contributed by atoms with Crippen LogP contribution in [0.25, 0.3) is 0 Å². The van der Waals surface area contributed by atoms with Crippen LogP contribution in [0, 0.1) is 6.92 Å². The Hall–Kier alpha value is 0.140. The van der Waals surface area contributed by atoms with E-state index < -0.39 is 0 Å². The maximum atomic E-state index is 3.54. The number of aryl methyl sites for hydroxylation is 1. The Morgan fingerprint density at radius 1 is 1.62 bits per heavy atom. The second-order valence-corrected chi connectivity index (χ2v) is 5.37. The lowest BCUT2D eigenvalue weighted by atomic mass is 10.2. The second kappa shape index (κ2) is 5.13. The van der Waals surface area contributed by atoms with E-state index in [0.29, 0.717) is 6.04 Å². The molecule has 0 spiro atoms. The van der Waals surface area contributed by atoms with Crippen LogP contribution in [0.1, 0.15) is 36.1 Å². The zero-order valence-corrected chi connectivity index (χ0v) is 10.8. The standard InChI is InChI=1S/C10H16BrNS/c1-4-5-12-7(2)10-6-9(11)8(3)13-10/h6-7,12H,4-5H2,1-3H3. The fraction of sp³-hybridized carbons (Fsp3) is 0.600. The molecule has 1 nitrogen and oxygen atoms in total. The highest BCUT2D eigenvalue weighted by Crippen LogP contribution is 2.30. The largest absolute Gasteiger partial charge is 0.309 e. The van der Waals surface area contributed by atoms with Crippen molar-refractivity contribution in [1.82, 2.24) is 5.32 Å². The van der Waals surface area contributed by atoms with Gasteiger partial charge in [-0.1, -0.05) is 6.92 Å². The zero-order valence-electron chi connectivity index (χ0n) is 8.36. The van der Waals surface area contributed by atoms with Crippen LogP contribution in [0.3, 0.4) is 0 Å². The SMILES string of the molecule is CCCNC(C)c1cc(Br)c(C)s1. The zero-order chi connectivity index (χ0) is 9.84. The first kappa shape index (κ1) is 11.2. The Morgan fingerprint density at radius 3 is 2.77 bits per heavy atom. The van der Waals surface area contributed by atoms with Crippen LogP contribution in [-0.4, -0.2) is 6.54 Å². The van der Waals surface area contributed by atoms with Crippen LogP contribution < -0.4 is 5.32 Å². The van der Waals surface area contributed by atoms with Gasteiger partial charge < -0.3 is 5.32 Å². The van der Waals surface area contributed by atoms with E-state index in [1.54, 1.807) is 0 Å². The first-order valence-electron chi connectivity index (χ1n) is 4.64. The minimum absolute atomic E-state index is 0.481. The summed E-state index contributed by atoms with van der Waals surface area (Å²) in [4.78, 5) is 2.78. The van der Waals surface area contributed by atoms with Gasteiger partial charge >= 0.3 is 0 Å². The van der Waals surface area contributed by atoms with Crippen LogP contribution in [0.15, 0.2) is 10.5 Å². The van der Waals surface area contributed by atoms with E-state index in [2.05, 4.69) is 48.1 Å². The smallest absolute Gasteiger partial charge is 0.0386 e. The number of halogens is 1. The maximum absolute atomic E-state index is 3.54. The van der Waals surface area contributed by atoms with E-state index in [1.165, 1.54) is 20.6 Å². The van der Waals surface area contributed by atoms with Crippen molar-refractivity contribution in [3.05, 3.63) is 20.3 Å². The predicted octanol–water partition coefficient (Wildman–Crippen LogP) is 3.88. The fourth-order valence-electron chi connectivity index (χ4n) is 1.16. The summed E-state index contributed by atoms with van der Waals surface area (Å²) in [6, 6.07) is 2.70. The van der Waals surface area contributed by atoms with Gasteiger partial charge in [-0.25, -0.2) is 0 Å². The van der Waals surface area contributed by atoms with Gasteiger partial charge in [-0.05, 0) is 48.8 Å². The first-order valence-corrected chi connectivity index (χ1v) is 6.25. The molecule has 13 heavy (non-hydrogen) atoms. The normalized spacial score (nSPS) is 13.2. The summed E-state index contributed by atoms with van der Waals surface area (Å²) < 4.78 is 1.23. The first-order chi connectivity index (χ1) is 6.15. The highest BCUT2D eigenvalue weighted by atomic mass is 79.9. The van der Waals surface area contributed by atoms with Gasteiger partial charge in [0.05, 0.1) is 0 Å². The van der Waals surface area contributed by atoms with E-state index >= 15 is 0 Å². The topological polar surface area (TPSA) is 12.0 Å². The highest BCUT2D eigenvalue weighted by Gasteiger charge is 2.08. The summed E-state index contributed by atoms with van der Waals surface area (Å²) in [5.74, 6) is 0. The van der Waals surface area contributed by atoms with E-state index in [0.717, 1.165) is 6.54 Å². The summed E-state index contributed by atoms with van der Waals surface area (Å²) in [5.41, 5.74) is 0. The number of hydrogen-bond donors (Lipinski definition) is 1. The Labute approximate surface area is 92.7 Å². The summed E-state index contributed by atoms with van der Waals surface area (Å²) >= 11 is 5.40. The van der Waals surface area contributed by atoms with Crippen molar-refractivity contribution in [1.29, 1.82) is 0 Å². The number of rotatable bonds is 4. The van der Waals surface area contributed by atoms with Gasteiger partial charge in [-0.15, -0.1) is 11.3 Å². The van der Waals surface area contributed by atoms with E-state index in [9.17, 15) is 0 Å². The van der Waals surface area contributed by atoms with Crippen molar-refractivity contribution < 1.29 is 0 Å². The molecular weight excluding hydrogens is 246 g/mol. The fourth-order valence-corrected chi connectivity index (χ4v) is 2.74. The lowest BCUT2D eigenvalue weighted by Crippen LogP contribution is -2.18. The number of nitrogens with one attached hydrogen (secondary N) is 1. The quantitative estimate of drug-likeness (QED) is 0.868. The van der Waals surface area contributed by atoms with Crippen molar-refractivity contribution in [3.8, 4) is 0 Å². The van der Waals surface area contributed by atoms with E-state index in [1.807, 2.05) is 11.3 Å². The van der Waals surface area contributed by atoms with Gasteiger partial charge in [0.1, 0.15) is 0 Å². The maximum Gasteiger partial charge on any atom is 0.0386 e. The van der Waals surface area contributed by atoms with Crippen LogP contribution in [0.2, 0.25) is 0 Å². The van der Waals surface area contributed by atoms with Gasteiger partial charge in [-0.3, -0.25) is 0 Å². The molecule has 1 aromatic rings. The van der Waals surface area contributed by atoms with Gasteiger partial charge in [0.15, 0.2) is 0 Å². The van der Waals surface area contributed by atoms with Crippen molar-refractivity contribution in [2.24, 2.45) is 0 Å². The van der Waals surface area contributed by atoms with Crippen molar-refractivity contribution in [2.45, 2.75) is 33.2 Å². The third-order valence-electron chi connectivity index (χ3n) is 2.00. The molecule has 0 aliphatic carbocycles. The lowest BCUT2D eigenvalue weighted by Gasteiger charge is -2.10. The van der Waals surface area contributed by atoms with Crippen LogP contribution in [0.4, 0.5) is 0 Å². The summed E-state index contributed by atoms with van der Waals surface area (Å²) in [6.45, 7) is 7.64. The average Bonchev–Trinajstić information content (AvgIpc) is 2.43. The third kappa shape index (κ3) is 3.08. The minimum atomic E-state index is 0.481. The van der Waals surface area contributed by atoms with Crippen LogP contribution in [-0.2, 0) is 0 Å². The second-order valence-electron chi connectivity index (χ2n) is 3.23. The van der Waals surface area contributed by atoms with Gasteiger partial charge in [0, 0.05) is 20.3 Å². The predicted molar refractivity (Wildman–Crippen MR) is 63.5 cm³/mol. The molecule has 74 valence electrons. The van der Waals surface area contributed by atoms with Crippen molar-refractivity contribution in [2.75, 3.05) is 6.54 Å². The molecule has 0 amide bonds. The lowest BCUT2D eigenvalue weighted by molar-refractivity contribution is 0.578. The molecule has 0 fully saturated rings. The number of thiophene rings is 1. The van der Waals surface area contributed by atoms with E-state index in [-0.39, 0.29) is 0 Å². The highest BCUT2D eigenvalue weighted by molar-refractivity contribution is 9.10. The molecular formula is C10H16BrNS. The molecule has 1 atom stereocenters. The molecule has 1 aromatic heterocycles. The monoisotopic (exact) mass is 261 g/mol. The molecule has 1 rings (SSSR count).